The van der Waals surface area contributed by atoms with Gasteiger partial charge in [0.05, 0.1) is 6.04 Å². The highest BCUT2D eigenvalue weighted by Crippen LogP contribution is 1.98. The monoisotopic (exact) mass is 157 g/mol. The molecule has 0 aliphatic heterocycles. The van der Waals surface area contributed by atoms with E-state index in [4.69, 9.17) is 5.73 Å². The minimum absolute atomic E-state index is 0.0642. The molecule has 1 atom stereocenters. The van der Waals surface area contributed by atoms with Crippen molar-refractivity contribution in [3.05, 3.63) is 0 Å². The molecule has 64 valence electrons. The first-order valence-corrected chi connectivity index (χ1v) is 3.94. The molecule has 1 unspecified atom stereocenters. The van der Waals surface area contributed by atoms with E-state index in [0.29, 0.717) is 19.3 Å². The number of carbonyl (C=O) groups excluding carboxylic acids is 2. The maximum atomic E-state index is 11.0. The molecule has 0 aromatic carbocycles. The van der Waals surface area contributed by atoms with Crippen molar-refractivity contribution in [2.24, 2.45) is 5.73 Å². The molecule has 0 aromatic heterocycles. The van der Waals surface area contributed by atoms with Crippen molar-refractivity contribution in [1.29, 1.82) is 0 Å². The van der Waals surface area contributed by atoms with Gasteiger partial charge in [-0.15, -0.1) is 0 Å². The van der Waals surface area contributed by atoms with Crippen molar-refractivity contribution in [3.63, 3.8) is 0 Å². The molecule has 0 saturated heterocycles. The van der Waals surface area contributed by atoms with Crippen LogP contribution in [0.5, 0.6) is 0 Å². The Morgan fingerprint density at radius 3 is 2.73 bits per heavy atom. The molecule has 0 amide bonds. The molecule has 0 rings (SSSR count). The molecular formula is C8H15NO2. The zero-order chi connectivity index (χ0) is 8.69. The van der Waals surface area contributed by atoms with Crippen molar-refractivity contribution in [3.8, 4) is 0 Å². The Morgan fingerprint density at radius 1 is 1.64 bits per heavy atom. The van der Waals surface area contributed by atoms with Crippen molar-refractivity contribution in [1.82, 2.24) is 0 Å². The second-order valence-electron chi connectivity index (χ2n) is 2.57. The van der Waals surface area contributed by atoms with Crippen molar-refractivity contribution in [2.45, 2.75) is 38.6 Å². The first-order valence-electron chi connectivity index (χ1n) is 3.94. The molecular weight excluding hydrogens is 142 g/mol. The van der Waals surface area contributed by atoms with E-state index in [1.54, 1.807) is 0 Å². The average molecular weight is 157 g/mol. The summed E-state index contributed by atoms with van der Waals surface area (Å²) in [4.78, 5) is 20.9. The largest absolute Gasteiger partial charge is 0.321 e. The maximum Gasteiger partial charge on any atom is 0.149 e. The standard InChI is InChI=1S/C8H15NO2/c1-2-4-8(11)7(9)5-3-6-10/h6-7H,2-5,9H2,1H3. The fourth-order valence-electron chi connectivity index (χ4n) is 0.840. The number of hydrogen-bond donors (Lipinski definition) is 1. The minimum Gasteiger partial charge on any atom is -0.321 e. The lowest BCUT2D eigenvalue weighted by atomic mass is 10.1. The zero-order valence-corrected chi connectivity index (χ0v) is 6.88. The number of Topliss-reactive ketones (excluding diaryl/α,β-unsaturated/α-hetero) is 1. The normalized spacial score (nSPS) is 12.5. The van der Waals surface area contributed by atoms with Gasteiger partial charge < -0.3 is 10.5 Å². The lowest BCUT2D eigenvalue weighted by molar-refractivity contribution is -0.120. The Bertz CT molecular complexity index is 134. The van der Waals surface area contributed by atoms with E-state index in [1.807, 2.05) is 6.92 Å². The van der Waals surface area contributed by atoms with Gasteiger partial charge in [0, 0.05) is 12.8 Å². The predicted octanol–water partition coefficient (Wildman–Crippen LogP) is 0.662. The fourth-order valence-corrected chi connectivity index (χ4v) is 0.840. The Morgan fingerprint density at radius 2 is 2.27 bits per heavy atom. The quantitative estimate of drug-likeness (QED) is 0.576. The van der Waals surface area contributed by atoms with Crippen LogP contribution < -0.4 is 5.73 Å². The van der Waals surface area contributed by atoms with Crippen LogP contribution in [-0.4, -0.2) is 18.1 Å². The first-order chi connectivity index (χ1) is 5.22. The Balaban J connectivity index is 3.54. The average Bonchev–Trinajstić information content (AvgIpc) is 2.00. The van der Waals surface area contributed by atoms with Gasteiger partial charge in [-0.05, 0) is 12.8 Å². The third kappa shape index (κ3) is 4.67. The number of ketones is 1. The lowest BCUT2D eigenvalue weighted by Crippen LogP contribution is -2.30. The van der Waals surface area contributed by atoms with Crippen LogP contribution in [0.25, 0.3) is 0 Å². The van der Waals surface area contributed by atoms with Crippen molar-refractivity contribution >= 4 is 12.1 Å². The molecule has 0 aliphatic rings. The van der Waals surface area contributed by atoms with E-state index in [-0.39, 0.29) is 5.78 Å². The lowest BCUT2D eigenvalue weighted by Gasteiger charge is -2.06. The SMILES string of the molecule is CCCC(=O)C(N)CCC=O. The van der Waals surface area contributed by atoms with E-state index < -0.39 is 6.04 Å². The number of carbonyl (C=O) groups is 2. The van der Waals surface area contributed by atoms with Crippen LogP contribution in [0, 0.1) is 0 Å². The minimum atomic E-state index is -0.430. The molecule has 2 N–H and O–H groups in total. The van der Waals surface area contributed by atoms with Crippen LogP contribution in [0.1, 0.15) is 32.6 Å². The van der Waals surface area contributed by atoms with Gasteiger partial charge in [0.2, 0.25) is 0 Å². The molecule has 0 heterocycles. The van der Waals surface area contributed by atoms with Crippen LogP contribution in [0.2, 0.25) is 0 Å². The van der Waals surface area contributed by atoms with Gasteiger partial charge in [0.25, 0.3) is 0 Å². The molecule has 0 saturated carbocycles. The summed E-state index contributed by atoms with van der Waals surface area (Å²) < 4.78 is 0. The summed E-state index contributed by atoms with van der Waals surface area (Å²) in [5, 5.41) is 0. The molecule has 0 aromatic rings. The summed E-state index contributed by atoms with van der Waals surface area (Å²) in [6.07, 6.45) is 3.02. The number of aldehydes is 1. The Labute approximate surface area is 67.0 Å². The molecule has 11 heavy (non-hydrogen) atoms. The van der Waals surface area contributed by atoms with E-state index in [1.165, 1.54) is 0 Å². The summed E-state index contributed by atoms with van der Waals surface area (Å²) in [6, 6.07) is -0.430. The fraction of sp³-hybridized carbons (Fsp3) is 0.750. The van der Waals surface area contributed by atoms with Gasteiger partial charge >= 0.3 is 0 Å². The molecule has 0 aliphatic carbocycles. The third-order valence-electron chi connectivity index (χ3n) is 1.51. The van der Waals surface area contributed by atoms with Crippen LogP contribution in [-0.2, 0) is 9.59 Å². The molecule has 3 heteroatoms. The maximum absolute atomic E-state index is 11.0. The molecule has 0 bridgehead atoms. The summed E-state index contributed by atoms with van der Waals surface area (Å²) in [5.41, 5.74) is 5.48. The predicted molar refractivity (Wildman–Crippen MR) is 43.2 cm³/mol. The second-order valence-corrected chi connectivity index (χ2v) is 2.57. The van der Waals surface area contributed by atoms with Crippen molar-refractivity contribution in [2.75, 3.05) is 0 Å². The van der Waals surface area contributed by atoms with Gasteiger partial charge in [0.15, 0.2) is 0 Å². The van der Waals surface area contributed by atoms with E-state index in [0.717, 1.165) is 12.7 Å². The molecule has 0 fully saturated rings. The molecule has 3 nitrogen and oxygen atoms in total. The molecule has 0 radical (unpaired) electrons. The third-order valence-corrected chi connectivity index (χ3v) is 1.51. The summed E-state index contributed by atoms with van der Waals surface area (Å²) in [6.45, 7) is 1.93. The van der Waals surface area contributed by atoms with Gasteiger partial charge in [0.1, 0.15) is 12.1 Å². The van der Waals surface area contributed by atoms with Crippen LogP contribution in [0.3, 0.4) is 0 Å². The Hall–Kier alpha value is -0.700. The number of rotatable bonds is 6. The first kappa shape index (κ1) is 10.3. The Kier molecular flexibility index (Phi) is 5.65. The van der Waals surface area contributed by atoms with Crippen LogP contribution >= 0.6 is 0 Å². The van der Waals surface area contributed by atoms with Gasteiger partial charge in [-0.2, -0.15) is 0 Å². The summed E-state index contributed by atoms with van der Waals surface area (Å²) in [7, 11) is 0. The van der Waals surface area contributed by atoms with Crippen molar-refractivity contribution < 1.29 is 9.59 Å². The second kappa shape index (κ2) is 6.04. The van der Waals surface area contributed by atoms with E-state index in [9.17, 15) is 9.59 Å². The van der Waals surface area contributed by atoms with Gasteiger partial charge in [-0.1, -0.05) is 6.92 Å². The topological polar surface area (TPSA) is 60.2 Å². The zero-order valence-electron chi connectivity index (χ0n) is 6.88. The van der Waals surface area contributed by atoms with Gasteiger partial charge in [-0.25, -0.2) is 0 Å². The van der Waals surface area contributed by atoms with E-state index >= 15 is 0 Å². The highest BCUT2D eigenvalue weighted by atomic mass is 16.1. The smallest absolute Gasteiger partial charge is 0.149 e. The summed E-state index contributed by atoms with van der Waals surface area (Å²) >= 11 is 0. The number of hydrogen-bond acceptors (Lipinski definition) is 3. The van der Waals surface area contributed by atoms with Crippen LogP contribution in [0.15, 0.2) is 0 Å². The van der Waals surface area contributed by atoms with Crippen LogP contribution in [0.4, 0.5) is 0 Å². The number of nitrogens with two attached hydrogens (primary N) is 1. The van der Waals surface area contributed by atoms with Gasteiger partial charge in [-0.3, -0.25) is 4.79 Å². The highest BCUT2D eigenvalue weighted by Gasteiger charge is 2.10. The highest BCUT2D eigenvalue weighted by molar-refractivity contribution is 5.83. The molecule has 0 spiro atoms. The summed E-state index contributed by atoms with van der Waals surface area (Å²) in [5.74, 6) is 0.0642. The van der Waals surface area contributed by atoms with E-state index in [2.05, 4.69) is 0 Å².